The Morgan fingerprint density at radius 3 is 1.88 bits per heavy atom. The maximum Gasteiger partial charge on any atom is 0.147 e. The average Bonchev–Trinajstić information content (AvgIpc) is 2.95. The second-order valence-corrected chi connectivity index (χ2v) is 11.0. The Morgan fingerprint density at radius 1 is 1.00 bits per heavy atom. The van der Waals surface area contributed by atoms with Crippen molar-refractivity contribution in [3.05, 3.63) is 18.5 Å². The van der Waals surface area contributed by atoms with E-state index in [1.807, 2.05) is 16.9 Å². The van der Waals surface area contributed by atoms with Gasteiger partial charge in [-0.1, -0.05) is 0 Å². The summed E-state index contributed by atoms with van der Waals surface area (Å²) in [6.07, 6.45) is 7.16. The van der Waals surface area contributed by atoms with Crippen molar-refractivity contribution in [3.63, 3.8) is 0 Å². The molecular formula is C15H29N3O4S2. The van der Waals surface area contributed by atoms with Gasteiger partial charge < -0.3 is 0 Å². The van der Waals surface area contributed by atoms with E-state index in [2.05, 4.69) is 23.8 Å². The van der Waals surface area contributed by atoms with Crippen molar-refractivity contribution in [2.24, 2.45) is 0 Å². The van der Waals surface area contributed by atoms with Crippen LogP contribution in [-0.4, -0.2) is 74.7 Å². The maximum absolute atomic E-state index is 11.3. The van der Waals surface area contributed by atoms with Crippen LogP contribution < -0.4 is 0 Å². The molecule has 0 amide bonds. The summed E-state index contributed by atoms with van der Waals surface area (Å²) in [5.41, 5.74) is 0. The molecule has 2 atom stereocenters. The summed E-state index contributed by atoms with van der Waals surface area (Å²) in [5, 5.41) is 4.26. The first-order valence-corrected chi connectivity index (χ1v) is 12.2. The summed E-state index contributed by atoms with van der Waals surface area (Å²) in [5.74, 6) is 0.275. The van der Waals surface area contributed by atoms with Gasteiger partial charge in [0.25, 0.3) is 0 Å². The number of sulfone groups is 2. The first-order valence-electron chi connectivity index (χ1n) is 8.08. The van der Waals surface area contributed by atoms with Crippen molar-refractivity contribution in [2.75, 3.05) is 37.1 Å². The Balaban J connectivity index is 2.70. The molecule has 0 fully saturated rings. The molecule has 0 saturated carbocycles. The van der Waals surface area contributed by atoms with Crippen LogP contribution in [-0.2, 0) is 19.7 Å². The van der Waals surface area contributed by atoms with Crippen LogP contribution in [0.15, 0.2) is 18.5 Å². The SMILES string of the molecule is C[C@@H]([C@H](C)n1cccn1)N(CCCS(C)(=O)=O)CCCS(C)(=O)=O. The van der Waals surface area contributed by atoms with Gasteiger partial charge in [0.2, 0.25) is 0 Å². The van der Waals surface area contributed by atoms with E-state index in [0.717, 1.165) is 0 Å². The molecule has 1 heterocycles. The largest absolute Gasteiger partial charge is 0.298 e. The zero-order valence-electron chi connectivity index (χ0n) is 14.9. The molecule has 0 aliphatic carbocycles. The molecule has 0 saturated heterocycles. The molecule has 0 bridgehead atoms. The lowest BCUT2D eigenvalue weighted by Gasteiger charge is -2.33. The summed E-state index contributed by atoms with van der Waals surface area (Å²) in [7, 11) is -5.99. The minimum atomic E-state index is -2.99. The third-order valence-electron chi connectivity index (χ3n) is 4.14. The lowest BCUT2D eigenvalue weighted by Crippen LogP contribution is -2.41. The zero-order valence-corrected chi connectivity index (χ0v) is 16.6. The van der Waals surface area contributed by atoms with E-state index in [4.69, 9.17) is 0 Å². The topological polar surface area (TPSA) is 89.3 Å². The zero-order chi connectivity index (χ0) is 18.4. The van der Waals surface area contributed by atoms with Gasteiger partial charge in [-0.25, -0.2) is 16.8 Å². The predicted octanol–water partition coefficient (Wildman–Crippen LogP) is 1.00. The van der Waals surface area contributed by atoms with Crippen molar-refractivity contribution >= 4 is 19.7 Å². The Labute approximate surface area is 145 Å². The molecule has 140 valence electrons. The molecule has 7 nitrogen and oxygen atoms in total. The molecule has 0 aliphatic heterocycles. The van der Waals surface area contributed by atoms with Crippen LogP contribution in [0.2, 0.25) is 0 Å². The summed E-state index contributed by atoms with van der Waals surface area (Å²) in [4.78, 5) is 2.16. The van der Waals surface area contributed by atoms with Gasteiger partial charge >= 0.3 is 0 Å². The van der Waals surface area contributed by atoms with E-state index in [1.165, 1.54) is 12.5 Å². The quantitative estimate of drug-likeness (QED) is 0.570. The molecule has 0 unspecified atom stereocenters. The summed E-state index contributed by atoms with van der Waals surface area (Å²) in [6, 6.07) is 2.08. The highest BCUT2D eigenvalue weighted by Gasteiger charge is 2.22. The van der Waals surface area contributed by atoms with E-state index in [0.29, 0.717) is 25.9 Å². The monoisotopic (exact) mass is 379 g/mol. The van der Waals surface area contributed by atoms with E-state index < -0.39 is 19.7 Å². The molecule has 0 radical (unpaired) electrons. The van der Waals surface area contributed by atoms with Gasteiger partial charge in [-0.05, 0) is 45.8 Å². The fraction of sp³-hybridized carbons (Fsp3) is 0.800. The standard InChI is InChI=1S/C15H29N3O4S2/c1-14(15(2)18-11-5-8-16-18)17(9-6-12-23(3,19)20)10-7-13-24(4,21)22/h5,8,11,14-15H,6-7,9-10,12-13H2,1-4H3/t14-,15-/m0/s1. The summed E-state index contributed by atoms with van der Waals surface area (Å²) < 4.78 is 47.2. The highest BCUT2D eigenvalue weighted by molar-refractivity contribution is 7.90. The van der Waals surface area contributed by atoms with Gasteiger partial charge in [-0.3, -0.25) is 9.58 Å². The summed E-state index contributed by atoms with van der Waals surface area (Å²) in [6.45, 7) is 5.35. The number of aromatic nitrogens is 2. The highest BCUT2D eigenvalue weighted by atomic mass is 32.2. The van der Waals surface area contributed by atoms with E-state index in [9.17, 15) is 16.8 Å². The first kappa shape index (κ1) is 21.1. The molecule has 9 heteroatoms. The van der Waals surface area contributed by atoms with Crippen molar-refractivity contribution < 1.29 is 16.8 Å². The van der Waals surface area contributed by atoms with Crippen molar-refractivity contribution in [3.8, 4) is 0 Å². The third kappa shape index (κ3) is 8.25. The number of rotatable bonds is 11. The lowest BCUT2D eigenvalue weighted by molar-refractivity contribution is 0.158. The fourth-order valence-electron chi connectivity index (χ4n) is 2.63. The fourth-order valence-corrected chi connectivity index (χ4v) is 3.93. The maximum atomic E-state index is 11.3. The van der Waals surface area contributed by atoms with Crippen LogP contribution in [0, 0.1) is 0 Å². The van der Waals surface area contributed by atoms with Crippen LogP contribution in [0.5, 0.6) is 0 Å². The molecule has 0 spiro atoms. The van der Waals surface area contributed by atoms with E-state index in [-0.39, 0.29) is 23.6 Å². The molecular weight excluding hydrogens is 350 g/mol. The average molecular weight is 380 g/mol. The molecule has 1 aromatic rings. The molecule has 1 aromatic heterocycles. The minimum absolute atomic E-state index is 0.108. The van der Waals surface area contributed by atoms with E-state index >= 15 is 0 Å². The van der Waals surface area contributed by atoms with Crippen molar-refractivity contribution in [1.29, 1.82) is 0 Å². The van der Waals surface area contributed by atoms with Crippen LogP contribution >= 0.6 is 0 Å². The molecule has 0 aliphatic rings. The molecule has 24 heavy (non-hydrogen) atoms. The summed E-state index contributed by atoms with van der Waals surface area (Å²) >= 11 is 0. The Kier molecular flexibility index (Phi) is 7.88. The number of nitrogens with zero attached hydrogens (tertiary/aromatic N) is 3. The van der Waals surface area contributed by atoms with Gasteiger partial charge in [-0.15, -0.1) is 0 Å². The second kappa shape index (κ2) is 8.96. The molecule has 1 rings (SSSR count). The van der Waals surface area contributed by atoms with Crippen LogP contribution in [0.4, 0.5) is 0 Å². The van der Waals surface area contributed by atoms with E-state index in [1.54, 1.807) is 6.20 Å². The van der Waals surface area contributed by atoms with Crippen molar-refractivity contribution in [1.82, 2.24) is 14.7 Å². The van der Waals surface area contributed by atoms with Gasteiger partial charge in [-0.2, -0.15) is 5.10 Å². The number of hydrogen-bond acceptors (Lipinski definition) is 6. The third-order valence-corrected chi connectivity index (χ3v) is 6.20. The Morgan fingerprint density at radius 2 is 1.50 bits per heavy atom. The van der Waals surface area contributed by atoms with Crippen LogP contribution in [0.3, 0.4) is 0 Å². The van der Waals surface area contributed by atoms with Crippen LogP contribution in [0.1, 0.15) is 32.7 Å². The Bertz CT molecular complexity index is 646. The van der Waals surface area contributed by atoms with Gasteiger partial charge in [0.1, 0.15) is 19.7 Å². The highest BCUT2D eigenvalue weighted by Crippen LogP contribution is 2.17. The van der Waals surface area contributed by atoms with Gasteiger partial charge in [0.05, 0.1) is 17.5 Å². The number of hydrogen-bond donors (Lipinski definition) is 0. The normalized spacial score (nSPS) is 15.5. The second-order valence-electron chi connectivity index (χ2n) is 6.47. The van der Waals surface area contributed by atoms with Gasteiger partial charge in [0, 0.05) is 30.9 Å². The molecule has 0 N–H and O–H groups in total. The lowest BCUT2D eigenvalue weighted by atomic mass is 10.1. The molecule has 0 aromatic carbocycles. The van der Waals surface area contributed by atoms with Gasteiger partial charge in [0.15, 0.2) is 0 Å². The van der Waals surface area contributed by atoms with Crippen LogP contribution in [0.25, 0.3) is 0 Å². The predicted molar refractivity (Wildman–Crippen MR) is 96.6 cm³/mol. The Hall–Kier alpha value is -0.930. The van der Waals surface area contributed by atoms with Crippen molar-refractivity contribution in [2.45, 2.75) is 38.8 Å². The smallest absolute Gasteiger partial charge is 0.147 e. The minimum Gasteiger partial charge on any atom is -0.298 e. The first-order chi connectivity index (χ1) is 11.0.